The maximum absolute atomic E-state index is 12.6. The lowest BCUT2D eigenvalue weighted by Crippen LogP contribution is -2.48. The van der Waals surface area contributed by atoms with Crippen LogP contribution >= 0.6 is 0 Å². The summed E-state index contributed by atoms with van der Waals surface area (Å²) in [4.78, 5) is 1.95. The maximum atomic E-state index is 12.6. The van der Waals surface area contributed by atoms with E-state index in [-0.39, 0.29) is 4.90 Å². The molecule has 0 unspecified atom stereocenters. The lowest BCUT2D eigenvalue weighted by molar-refractivity contribution is 0.0563. The third-order valence-electron chi connectivity index (χ3n) is 4.39. The SMILES string of the molecule is CCOc1ccc(CN2CCN(S(=O)(=O)c3cnn(C(F)F)c3)CC2)cc1. The Hall–Kier alpha value is -2.04. The molecule has 1 fully saturated rings. The van der Waals surface area contributed by atoms with Crippen LogP contribution in [0.2, 0.25) is 0 Å². The van der Waals surface area contributed by atoms with Gasteiger partial charge in [0.25, 0.3) is 0 Å². The molecule has 0 bridgehead atoms. The van der Waals surface area contributed by atoms with E-state index in [9.17, 15) is 17.2 Å². The number of nitrogens with zero attached hydrogens (tertiary/aromatic N) is 4. The fraction of sp³-hybridized carbons (Fsp3) is 0.471. The molecule has 148 valence electrons. The molecular weight excluding hydrogens is 378 g/mol. The number of ether oxygens (including phenoxy) is 1. The summed E-state index contributed by atoms with van der Waals surface area (Å²) in [5.41, 5.74) is 1.12. The van der Waals surface area contributed by atoms with Crippen LogP contribution in [0.4, 0.5) is 8.78 Å². The number of benzene rings is 1. The summed E-state index contributed by atoms with van der Waals surface area (Å²) in [6.07, 6.45) is 1.83. The zero-order chi connectivity index (χ0) is 19.4. The summed E-state index contributed by atoms with van der Waals surface area (Å²) in [5.74, 6) is 0.821. The fourth-order valence-electron chi connectivity index (χ4n) is 2.95. The summed E-state index contributed by atoms with van der Waals surface area (Å²) < 4.78 is 57.5. The van der Waals surface area contributed by atoms with E-state index >= 15 is 0 Å². The molecule has 1 aliphatic heterocycles. The van der Waals surface area contributed by atoms with Crippen molar-refractivity contribution in [1.29, 1.82) is 0 Å². The van der Waals surface area contributed by atoms with Gasteiger partial charge in [0.1, 0.15) is 10.6 Å². The molecule has 7 nitrogen and oxygen atoms in total. The summed E-state index contributed by atoms with van der Waals surface area (Å²) in [6.45, 7) is 2.14. The summed E-state index contributed by atoms with van der Waals surface area (Å²) in [6, 6.07) is 7.82. The van der Waals surface area contributed by atoms with Crippen molar-refractivity contribution in [3.63, 3.8) is 0 Å². The summed E-state index contributed by atoms with van der Waals surface area (Å²) in [5, 5.41) is 3.41. The number of halogens is 2. The second-order valence-electron chi connectivity index (χ2n) is 6.19. The normalized spacial score (nSPS) is 16.7. The molecule has 0 radical (unpaired) electrons. The van der Waals surface area contributed by atoms with Crippen LogP contribution in [-0.4, -0.2) is 60.2 Å². The lowest BCUT2D eigenvalue weighted by atomic mass is 10.2. The van der Waals surface area contributed by atoms with Crippen molar-refractivity contribution in [2.24, 2.45) is 0 Å². The van der Waals surface area contributed by atoms with E-state index in [1.165, 1.54) is 4.31 Å². The van der Waals surface area contributed by atoms with Crippen molar-refractivity contribution in [3.8, 4) is 5.75 Å². The molecule has 1 aromatic carbocycles. The Kier molecular flexibility index (Phi) is 6.08. The molecule has 3 rings (SSSR count). The second kappa shape index (κ2) is 8.32. The number of aromatic nitrogens is 2. The average molecular weight is 400 g/mol. The van der Waals surface area contributed by atoms with Crippen LogP contribution in [0.5, 0.6) is 5.75 Å². The average Bonchev–Trinajstić information content (AvgIpc) is 3.15. The van der Waals surface area contributed by atoms with Gasteiger partial charge in [0, 0.05) is 32.7 Å². The van der Waals surface area contributed by atoms with E-state index in [1.807, 2.05) is 31.2 Å². The quantitative estimate of drug-likeness (QED) is 0.713. The van der Waals surface area contributed by atoms with Crippen LogP contribution in [-0.2, 0) is 16.6 Å². The maximum Gasteiger partial charge on any atom is 0.333 e. The van der Waals surface area contributed by atoms with Gasteiger partial charge in [-0.05, 0) is 24.6 Å². The van der Waals surface area contributed by atoms with Gasteiger partial charge in [0.15, 0.2) is 0 Å². The highest BCUT2D eigenvalue weighted by Gasteiger charge is 2.30. The Balaban J connectivity index is 1.57. The first-order chi connectivity index (χ1) is 12.9. The Morgan fingerprint density at radius 3 is 2.37 bits per heavy atom. The topological polar surface area (TPSA) is 67.7 Å². The van der Waals surface area contributed by atoms with Gasteiger partial charge in [-0.2, -0.15) is 18.2 Å². The van der Waals surface area contributed by atoms with Gasteiger partial charge >= 0.3 is 6.55 Å². The van der Waals surface area contributed by atoms with Gasteiger partial charge in [-0.15, -0.1) is 0 Å². The molecule has 0 N–H and O–H groups in total. The Morgan fingerprint density at radius 1 is 1.15 bits per heavy atom. The van der Waals surface area contributed by atoms with Crippen molar-refractivity contribution in [1.82, 2.24) is 19.0 Å². The van der Waals surface area contributed by atoms with E-state index in [1.54, 1.807) is 0 Å². The highest BCUT2D eigenvalue weighted by atomic mass is 32.2. The molecule has 0 spiro atoms. The standard InChI is InChI=1S/C17H22F2N4O3S/c1-2-26-15-5-3-14(4-6-15)12-21-7-9-22(10-8-21)27(24,25)16-11-20-23(13-16)17(18)19/h3-6,11,13,17H,2,7-10,12H2,1H3. The van der Waals surface area contributed by atoms with Crippen LogP contribution in [0.3, 0.4) is 0 Å². The lowest BCUT2D eigenvalue weighted by Gasteiger charge is -2.33. The number of hydrogen-bond acceptors (Lipinski definition) is 5. The molecule has 1 aliphatic rings. The first kappa shape index (κ1) is 19.7. The monoisotopic (exact) mass is 400 g/mol. The highest BCUT2D eigenvalue weighted by molar-refractivity contribution is 7.89. The number of sulfonamides is 1. The second-order valence-corrected chi connectivity index (χ2v) is 8.13. The Bertz CT molecular complexity index is 847. The van der Waals surface area contributed by atoms with Crippen LogP contribution in [0.15, 0.2) is 41.6 Å². The molecule has 2 aromatic rings. The summed E-state index contributed by atoms with van der Waals surface area (Å²) in [7, 11) is -3.81. The minimum atomic E-state index is -3.81. The van der Waals surface area contributed by atoms with Gasteiger partial charge in [0.05, 0.1) is 19.0 Å². The smallest absolute Gasteiger partial charge is 0.333 e. The number of alkyl halides is 2. The first-order valence-corrected chi connectivity index (χ1v) is 10.1. The molecule has 1 saturated heterocycles. The highest BCUT2D eigenvalue weighted by Crippen LogP contribution is 2.20. The van der Waals surface area contributed by atoms with Gasteiger partial charge < -0.3 is 4.74 Å². The third kappa shape index (κ3) is 4.63. The van der Waals surface area contributed by atoms with E-state index < -0.39 is 16.6 Å². The van der Waals surface area contributed by atoms with E-state index in [0.717, 1.165) is 23.7 Å². The molecule has 10 heteroatoms. The minimum Gasteiger partial charge on any atom is -0.494 e. The largest absolute Gasteiger partial charge is 0.494 e. The molecule has 0 aliphatic carbocycles. The predicted octanol–water partition coefficient (Wildman–Crippen LogP) is 2.18. The van der Waals surface area contributed by atoms with Crippen LogP contribution < -0.4 is 4.74 Å². The van der Waals surface area contributed by atoms with Gasteiger partial charge in [-0.3, -0.25) is 4.90 Å². The van der Waals surface area contributed by atoms with E-state index in [0.29, 0.717) is 44.0 Å². The minimum absolute atomic E-state index is 0.206. The molecule has 0 saturated carbocycles. The zero-order valence-corrected chi connectivity index (χ0v) is 15.8. The molecule has 2 heterocycles. The molecule has 0 amide bonds. The van der Waals surface area contributed by atoms with Gasteiger partial charge in [0.2, 0.25) is 10.0 Å². The van der Waals surface area contributed by atoms with Crippen molar-refractivity contribution < 1.29 is 21.9 Å². The van der Waals surface area contributed by atoms with Crippen LogP contribution in [0.25, 0.3) is 0 Å². The van der Waals surface area contributed by atoms with Crippen molar-refractivity contribution >= 4 is 10.0 Å². The molecular formula is C17H22F2N4O3S. The molecule has 1 aromatic heterocycles. The molecule has 27 heavy (non-hydrogen) atoms. The van der Waals surface area contributed by atoms with E-state index in [2.05, 4.69) is 10.00 Å². The van der Waals surface area contributed by atoms with Crippen molar-refractivity contribution in [2.45, 2.75) is 24.9 Å². The third-order valence-corrected chi connectivity index (χ3v) is 6.24. The van der Waals surface area contributed by atoms with Crippen molar-refractivity contribution in [3.05, 3.63) is 42.2 Å². The Morgan fingerprint density at radius 2 is 1.81 bits per heavy atom. The van der Waals surface area contributed by atoms with Gasteiger partial charge in [-0.25, -0.2) is 13.1 Å². The van der Waals surface area contributed by atoms with Crippen molar-refractivity contribution in [2.75, 3.05) is 32.8 Å². The predicted molar refractivity (Wildman–Crippen MR) is 95.1 cm³/mol. The molecule has 0 atom stereocenters. The number of piperazine rings is 1. The van der Waals surface area contributed by atoms with E-state index in [4.69, 9.17) is 4.74 Å². The fourth-order valence-corrected chi connectivity index (χ4v) is 4.32. The number of rotatable bonds is 7. The van der Waals surface area contributed by atoms with Crippen LogP contribution in [0.1, 0.15) is 19.0 Å². The van der Waals surface area contributed by atoms with Gasteiger partial charge in [-0.1, -0.05) is 12.1 Å². The number of hydrogen-bond donors (Lipinski definition) is 0. The zero-order valence-electron chi connectivity index (χ0n) is 15.0. The first-order valence-electron chi connectivity index (χ1n) is 8.66. The Labute approximate surface area is 157 Å². The van der Waals surface area contributed by atoms with Crippen LogP contribution in [0, 0.1) is 0 Å². The summed E-state index contributed by atoms with van der Waals surface area (Å²) >= 11 is 0.